The van der Waals surface area contributed by atoms with E-state index < -0.39 is 0 Å². The van der Waals surface area contributed by atoms with Crippen molar-refractivity contribution in [2.24, 2.45) is 5.92 Å². The number of aliphatic hydroxyl groups excluding tert-OH is 1. The number of benzene rings is 1. The number of carbonyl (C=O) groups is 1. The molecule has 2 unspecified atom stereocenters. The average Bonchev–Trinajstić information content (AvgIpc) is 2.88. The van der Waals surface area contributed by atoms with Gasteiger partial charge in [0.2, 0.25) is 0 Å². The molecule has 114 valence electrons. The van der Waals surface area contributed by atoms with E-state index in [0.717, 1.165) is 24.7 Å². The number of aliphatic hydroxyl groups is 1. The minimum atomic E-state index is -0.174. The molecule has 0 aliphatic carbocycles. The van der Waals surface area contributed by atoms with Gasteiger partial charge in [0.05, 0.1) is 18.7 Å². The van der Waals surface area contributed by atoms with Crippen molar-refractivity contribution in [1.29, 1.82) is 0 Å². The maximum atomic E-state index is 11.6. The highest BCUT2D eigenvalue weighted by Crippen LogP contribution is 2.33. The van der Waals surface area contributed by atoms with Crippen molar-refractivity contribution in [2.45, 2.75) is 49.9 Å². The number of aldehydes is 1. The fourth-order valence-electron chi connectivity index (χ4n) is 3.85. The summed E-state index contributed by atoms with van der Waals surface area (Å²) in [4.78, 5) is 11.6. The second kappa shape index (κ2) is 6.69. The van der Waals surface area contributed by atoms with Crippen LogP contribution in [0.4, 0.5) is 0 Å². The smallest absolute Gasteiger partial charge is 0.137 e. The lowest BCUT2D eigenvalue weighted by Gasteiger charge is -2.34. The van der Waals surface area contributed by atoms with E-state index in [1.54, 1.807) is 0 Å². The molecular weight excluding hydrogens is 264 g/mol. The molecule has 4 atom stereocenters. The number of carbonyl (C=O) groups excluding carboxylic acids is 1. The minimum Gasteiger partial charge on any atom is -0.394 e. The third kappa shape index (κ3) is 3.34. The predicted octanol–water partition coefficient (Wildman–Crippen LogP) is 1.41. The molecule has 1 aromatic carbocycles. The highest BCUT2D eigenvalue weighted by Gasteiger charge is 2.37. The van der Waals surface area contributed by atoms with Crippen LogP contribution in [-0.4, -0.2) is 36.1 Å². The second-order valence-corrected chi connectivity index (χ2v) is 6.34. The average molecular weight is 288 g/mol. The Kier molecular flexibility index (Phi) is 4.68. The van der Waals surface area contributed by atoms with E-state index in [2.05, 4.69) is 10.6 Å². The molecule has 0 radical (unpaired) electrons. The van der Waals surface area contributed by atoms with Gasteiger partial charge in [0, 0.05) is 12.1 Å². The van der Waals surface area contributed by atoms with Gasteiger partial charge in [0.15, 0.2) is 0 Å². The van der Waals surface area contributed by atoms with Crippen LogP contribution in [0.1, 0.15) is 37.3 Å². The Morgan fingerprint density at radius 3 is 2.48 bits per heavy atom. The molecular formula is C17H24N2O2. The standard InChI is InChI=1S/C17H24N2O2/c20-10-16(12-4-2-1-3-5-12)19-17(11-21)13-8-14-6-7-15(9-13)18-14/h1-5,11,13-20H,6-10H2/t13?,14?,15?,16-,17+/m0/s1. The van der Waals surface area contributed by atoms with Gasteiger partial charge >= 0.3 is 0 Å². The Labute approximate surface area is 125 Å². The van der Waals surface area contributed by atoms with Crippen molar-refractivity contribution in [3.63, 3.8) is 0 Å². The number of fused-ring (bicyclic) bond motifs is 2. The molecule has 2 saturated heterocycles. The van der Waals surface area contributed by atoms with Crippen LogP contribution in [0.15, 0.2) is 30.3 Å². The third-order valence-corrected chi connectivity index (χ3v) is 4.94. The van der Waals surface area contributed by atoms with Crippen molar-refractivity contribution < 1.29 is 9.90 Å². The fourth-order valence-corrected chi connectivity index (χ4v) is 3.85. The van der Waals surface area contributed by atoms with Crippen molar-refractivity contribution in [3.8, 4) is 0 Å². The molecule has 3 rings (SSSR count). The molecule has 21 heavy (non-hydrogen) atoms. The number of rotatable bonds is 6. The summed E-state index contributed by atoms with van der Waals surface area (Å²) >= 11 is 0. The summed E-state index contributed by atoms with van der Waals surface area (Å²) in [6, 6.07) is 10.6. The van der Waals surface area contributed by atoms with Crippen molar-refractivity contribution in [2.75, 3.05) is 6.61 Å². The Balaban J connectivity index is 1.67. The van der Waals surface area contributed by atoms with Crippen molar-refractivity contribution in [3.05, 3.63) is 35.9 Å². The van der Waals surface area contributed by atoms with Crippen molar-refractivity contribution >= 4 is 6.29 Å². The number of nitrogens with one attached hydrogen (secondary N) is 2. The van der Waals surface area contributed by atoms with Gasteiger partial charge in [-0.05, 0) is 37.2 Å². The molecule has 2 bridgehead atoms. The first-order chi connectivity index (χ1) is 10.3. The molecule has 2 heterocycles. The molecule has 0 aromatic heterocycles. The molecule has 0 spiro atoms. The van der Waals surface area contributed by atoms with Gasteiger partial charge in [-0.1, -0.05) is 30.3 Å². The number of hydrogen-bond donors (Lipinski definition) is 3. The lowest BCUT2D eigenvalue weighted by atomic mass is 9.86. The van der Waals surface area contributed by atoms with Crippen LogP contribution in [-0.2, 0) is 4.79 Å². The van der Waals surface area contributed by atoms with E-state index in [1.807, 2.05) is 30.3 Å². The quantitative estimate of drug-likeness (QED) is 0.693. The van der Waals surface area contributed by atoms with Gasteiger partial charge in [0.25, 0.3) is 0 Å². The first-order valence-corrected chi connectivity index (χ1v) is 7.93. The SMILES string of the molecule is O=C[C@@H](N[C@@H](CO)c1ccccc1)C1CC2CCC(C1)N2. The van der Waals surface area contributed by atoms with Gasteiger partial charge in [0.1, 0.15) is 6.29 Å². The Morgan fingerprint density at radius 1 is 1.24 bits per heavy atom. The van der Waals surface area contributed by atoms with E-state index in [4.69, 9.17) is 0 Å². The highest BCUT2D eigenvalue weighted by atomic mass is 16.3. The molecule has 1 aromatic rings. The van der Waals surface area contributed by atoms with Crippen LogP contribution in [0.2, 0.25) is 0 Å². The van der Waals surface area contributed by atoms with Crippen LogP contribution in [0.5, 0.6) is 0 Å². The fraction of sp³-hybridized carbons (Fsp3) is 0.588. The maximum absolute atomic E-state index is 11.6. The monoisotopic (exact) mass is 288 g/mol. The summed E-state index contributed by atoms with van der Waals surface area (Å²) < 4.78 is 0. The van der Waals surface area contributed by atoms with Gasteiger partial charge in [-0.2, -0.15) is 0 Å². The molecule has 2 aliphatic heterocycles. The normalized spacial score (nSPS) is 30.8. The summed E-state index contributed by atoms with van der Waals surface area (Å²) in [6.45, 7) is 0.00613. The van der Waals surface area contributed by atoms with Crippen LogP contribution < -0.4 is 10.6 Å². The predicted molar refractivity (Wildman–Crippen MR) is 81.9 cm³/mol. The lowest BCUT2D eigenvalue weighted by molar-refractivity contribution is -0.111. The zero-order valence-corrected chi connectivity index (χ0v) is 12.2. The van der Waals surface area contributed by atoms with Crippen LogP contribution in [0.25, 0.3) is 0 Å². The largest absolute Gasteiger partial charge is 0.394 e. The molecule has 0 amide bonds. The van der Waals surface area contributed by atoms with E-state index in [1.165, 1.54) is 12.8 Å². The zero-order valence-electron chi connectivity index (χ0n) is 12.2. The van der Waals surface area contributed by atoms with Gasteiger partial charge in [-0.3, -0.25) is 5.32 Å². The topological polar surface area (TPSA) is 61.4 Å². The van der Waals surface area contributed by atoms with E-state index >= 15 is 0 Å². The molecule has 4 nitrogen and oxygen atoms in total. The minimum absolute atomic E-state index is 0.00613. The Hall–Kier alpha value is -1.23. The van der Waals surface area contributed by atoms with Crippen LogP contribution >= 0.6 is 0 Å². The van der Waals surface area contributed by atoms with E-state index in [9.17, 15) is 9.90 Å². The van der Waals surface area contributed by atoms with Gasteiger partial charge in [-0.15, -0.1) is 0 Å². The summed E-state index contributed by atoms with van der Waals surface area (Å²) in [7, 11) is 0. The first-order valence-electron chi connectivity index (χ1n) is 7.93. The molecule has 2 fully saturated rings. The first kappa shape index (κ1) is 14.7. The van der Waals surface area contributed by atoms with Gasteiger partial charge < -0.3 is 15.2 Å². The summed E-state index contributed by atoms with van der Waals surface area (Å²) in [5.74, 6) is 0.374. The summed E-state index contributed by atoms with van der Waals surface area (Å²) in [5.41, 5.74) is 1.03. The van der Waals surface area contributed by atoms with Crippen molar-refractivity contribution in [1.82, 2.24) is 10.6 Å². The van der Waals surface area contributed by atoms with E-state index in [0.29, 0.717) is 18.0 Å². The van der Waals surface area contributed by atoms with Crippen LogP contribution in [0.3, 0.4) is 0 Å². The maximum Gasteiger partial charge on any atom is 0.137 e. The summed E-state index contributed by atoms with van der Waals surface area (Å²) in [6.07, 6.45) is 5.60. The van der Waals surface area contributed by atoms with Gasteiger partial charge in [-0.25, -0.2) is 0 Å². The zero-order chi connectivity index (χ0) is 14.7. The lowest BCUT2D eigenvalue weighted by Crippen LogP contribution is -2.48. The molecule has 0 saturated carbocycles. The number of hydrogen-bond acceptors (Lipinski definition) is 4. The third-order valence-electron chi connectivity index (χ3n) is 4.94. The number of piperidine rings is 1. The summed E-state index contributed by atoms with van der Waals surface area (Å²) in [5, 5.41) is 16.6. The highest BCUT2D eigenvalue weighted by molar-refractivity contribution is 5.58. The van der Waals surface area contributed by atoms with E-state index in [-0.39, 0.29) is 18.7 Å². The Bertz CT molecular complexity index is 453. The molecule has 2 aliphatic rings. The van der Waals surface area contributed by atoms with Crippen LogP contribution in [0, 0.1) is 5.92 Å². The molecule has 4 heteroatoms. The Morgan fingerprint density at radius 2 is 1.90 bits per heavy atom. The molecule has 3 N–H and O–H groups in total. The second-order valence-electron chi connectivity index (χ2n) is 6.34.